The second kappa shape index (κ2) is 4.52. The molecule has 88 valence electrons. The van der Waals surface area contributed by atoms with Crippen LogP contribution in [0.15, 0.2) is 6.07 Å². The maximum Gasteiger partial charge on any atom is 0.164 e. The summed E-state index contributed by atoms with van der Waals surface area (Å²) in [5, 5.41) is 13.7. The van der Waals surface area contributed by atoms with Crippen molar-refractivity contribution >= 4 is 11.6 Å². The molecule has 0 radical (unpaired) electrons. The highest BCUT2D eigenvalue weighted by Gasteiger charge is 2.25. The van der Waals surface area contributed by atoms with Gasteiger partial charge in [0.2, 0.25) is 0 Å². The first-order valence-electron chi connectivity index (χ1n) is 5.41. The molecule has 3 nitrogen and oxygen atoms in total. The molecular weight excluding hydrogens is 226 g/mol. The zero-order valence-corrected chi connectivity index (χ0v) is 10.3. The third kappa shape index (κ3) is 1.85. The topological polar surface area (TPSA) is 41.5 Å². The number of rotatable bonds is 2. The molecular formula is C12H16ClNO2. The summed E-state index contributed by atoms with van der Waals surface area (Å²) in [7, 11) is 1.58. The molecule has 1 aromatic carbocycles. The summed E-state index contributed by atoms with van der Waals surface area (Å²) in [5.41, 5.74) is 2.04. The van der Waals surface area contributed by atoms with E-state index in [4.69, 9.17) is 16.3 Å². The molecule has 0 bridgehead atoms. The number of hydrogen-bond donors (Lipinski definition) is 2. The highest BCUT2D eigenvalue weighted by Crippen LogP contribution is 2.42. The number of hydrogen-bond acceptors (Lipinski definition) is 3. The van der Waals surface area contributed by atoms with E-state index in [9.17, 15) is 5.11 Å². The van der Waals surface area contributed by atoms with E-state index in [1.165, 1.54) is 0 Å². The quantitative estimate of drug-likeness (QED) is 0.836. The van der Waals surface area contributed by atoms with Crippen LogP contribution in [0, 0.1) is 6.92 Å². The fourth-order valence-electron chi connectivity index (χ4n) is 2.34. The number of halogens is 1. The van der Waals surface area contributed by atoms with Crippen LogP contribution in [-0.4, -0.2) is 25.3 Å². The fraction of sp³-hybridized carbons (Fsp3) is 0.500. The lowest BCUT2D eigenvalue weighted by atomic mass is 9.92. The molecule has 1 saturated heterocycles. The summed E-state index contributed by atoms with van der Waals surface area (Å²) in [4.78, 5) is 0. The van der Waals surface area contributed by atoms with Gasteiger partial charge in [0.1, 0.15) is 0 Å². The molecule has 1 aliphatic heterocycles. The van der Waals surface area contributed by atoms with Gasteiger partial charge in [-0.25, -0.2) is 0 Å². The van der Waals surface area contributed by atoms with Gasteiger partial charge in [0, 0.05) is 29.1 Å². The maximum atomic E-state index is 9.83. The lowest BCUT2D eigenvalue weighted by Crippen LogP contribution is -2.10. The summed E-state index contributed by atoms with van der Waals surface area (Å²) in [5.74, 6) is 1.06. The number of nitrogens with one attached hydrogen (secondary N) is 1. The predicted octanol–water partition coefficient (Wildman–Crippen LogP) is 2.44. The average Bonchev–Trinajstić information content (AvgIpc) is 2.76. The molecule has 1 aromatic rings. The second-order valence-corrected chi connectivity index (χ2v) is 4.55. The van der Waals surface area contributed by atoms with E-state index in [2.05, 4.69) is 5.32 Å². The molecule has 1 fully saturated rings. The van der Waals surface area contributed by atoms with E-state index in [1.54, 1.807) is 13.2 Å². The molecule has 4 heteroatoms. The van der Waals surface area contributed by atoms with Crippen LogP contribution < -0.4 is 10.1 Å². The van der Waals surface area contributed by atoms with Gasteiger partial charge >= 0.3 is 0 Å². The van der Waals surface area contributed by atoms with Gasteiger partial charge < -0.3 is 15.2 Å². The number of benzene rings is 1. The van der Waals surface area contributed by atoms with Crippen molar-refractivity contribution in [1.82, 2.24) is 5.32 Å². The van der Waals surface area contributed by atoms with E-state index < -0.39 is 0 Å². The molecule has 2 rings (SSSR count). The smallest absolute Gasteiger partial charge is 0.164 e. The monoisotopic (exact) mass is 241 g/mol. The molecule has 0 spiro atoms. The molecule has 1 unspecified atom stereocenters. The van der Waals surface area contributed by atoms with Crippen LogP contribution in [0.25, 0.3) is 0 Å². The van der Waals surface area contributed by atoms with Gasteiger partial charge in [-0.2, -0.15) is 0 Å². The Morgan fingerprint density at radius 1 is 1.56 bits per heavy atom. The highest BCUT2D eigenvalue weighted by molar-refractivity contribution is 6.31. The van der Waals surface area contributed by atoms with Crippen molar-refractivity contribution in [2.45, 2.75) is 19.3 Å². The zero-order valence-electron chi connectivity index (χ0n) is 9.51. The molecule has 16 heavy (non-hydrogen) atoms. The van der Waals surface area contributed by atoms with Crippen molar-refractivity contribution < 1.29 is 9.84 Å². The molecule has 0 amide bonds. The Hall–Kier alpha value is -0.930. The molecule has 1 aliphatic rings. The average molecular weight is 242 g/mol. The van der Waals surface area contributed by atoms with Crippen molar-refractivity contribution in [3.05, 3.63) is 22.2 Å². The third-order valence-corrected chi connectivity index (χ3v) is 3.57. The SMILES string of the molecule is COc1c(O)cc(Cl)c(C)c1C1CCNC1. The summed E-state index contributed by atoms with van der Waals surface area (Å²) in [6.07, 6.45) is 1.05. The van der Waals surface area contributed by atoms with Crippen LogP contribution in [0.3, 0.4) is 0 Å². The van der Waals surface area contributed by atoms with E-state index in [0.29, 0.717) is 16.7 Å². The van der Waals surface area contributed by atoms with Gasteiger partial charge in [0.05, 0.1) is 7.11 Å². The van der Waals surface area contributed by atoms with Crippen LogP contribution in [0.1, 0.15) is 23.5 Å². The van der Waals surface area contributed by atoms with E-state index in [-0.39, 0.29) is 5.75 Å². The Kier molecular flexibility index (Phi) is 3.26. The van der Waals surface area contributed by atoms with Gasteiger partial charge in [-0.15, -0.1) is 0 Å². The number of aromatic hydroxyl groups is 1. The standard InChI is InChI=1S/C12H16ClNO2/c1-7-9(13)5-10(15)12(16-2)11(7)8-3-4-14-6-8/h5,8,14-15H,3-4,6H2,1-2H3. The zero-order chi connectivity index (χ0) is 11.7. The van der Waals surface area contributed by atoms with Gasteiger partial charge in [0.15, 0.2) is 11.5 Å². The Labute approximate surface area is 100 Å². The summed E-state index contributed by atoms with van der Waals surface area (Å²) in [6.45, 7) is 3.88. The van der Waals surface area contributed by atoms with Gasteiger partial charge in [-0.1, -0.05) is 11.6 Å². The summed E-state index contributed by atoms with van der Waals surface area (Å²) in [6, 6.07) is 1.54. The molecule has 0 aliphatic carbocycles. The molecule has 0 aromatic heterocycles. The van der Waals surface area contributed by atoms with Crippen molar-refractivity contribution in [3.8, 4) is 11.5 Å². The molecule has 2 N–H and O–H groups in total. The normalized spacial score (nSPS) is 20.1. The lowest BCUT2D eigenvalue weighted by Gasteiger charge is -2.19. The van der Waals surface area contributed by atoms with Crippen LogP contribution in [-0.2, 0) is 0 Å². The van der Waals surface area contributed by atoms with E-state index in [1.807, 2.05) is 6.92 Å². The van der Waals surface area contributed by atoms with Crippen LogP contribution in [0.4, 0.5) is 0 Å². The second-order valence-electron chi connectivity index (χ2n) is 4.14. The first-order chi connectivity index (χ1) is 7.65. The van der Waals surface area contributed by atoms with Crippen molar-refractivity contribution in [2.75, 3.05) is 20.2 Å². The summed E-state index contributed by atoms with van der Waals surface area (Å²) < 4.78 is 5.29. The van der Waals surface area contributed by atoms with Crippen molar-refractivity contribution in [3.63, 3.8) is 0 Å². The minimum absolute atomic E-state index is 0.125. The Bertz CT molecular complexity index is 400. The first-order valence-corrected chi connectivity index (χ1v) is 5.79. The first kappa shape index (κ1) is 11.6. The fourth-order valence-corrected chi connectivity index (χ4v) is 2.54. The number of methoxy groups -OCH3 is 1. The largest absolute Gasteiger partial charge is 0.504 e. The van der Waals surface area contributed by atoms with Crippen LogP contribution >= 0.6 is 11.6 Å². The molecule has 1 atom stereocenters. The van der Waals surface area contributed by atoms with E-state index >= 15 is 0 Å². The minimum Gasteiger partial charge on any atom is -0.504 e. The lowest BCUT2D eigenvalue weighted by molar-refractivity contribution is 0.366. The molecule has 0 saturated carbocycles. The van der Waals surface area contributed by atoms with Gasteiger partial charge in [-0.3, -0.25) is 0 Å². The minimum atomic E-state index is 0.125. The highest BCUT2D eigenvalue weighted by atomic mass is 35.5. The van der Waals surface area contributed by atoms with Crippen molar-refractivity contribution in [2.24, 2.45) is 0 Å². The Morgan fingerprint density at radius 3 is 2.88 bits per heavy atom. The number of phenols is 1. The maximum absolute atomic E-state index is 9.83. The Morgan fingerprint density at radius 2 is 2.31 bits per heavy atom. The third-order valence-electron chi connectivity index (χ3n) is 3.18. The number of ether oxygens (including phenoxy) is 1. The Balaban J connectivity index is 2.54. The van der Waals surface area contributed by atoms with Crippen molar-refractivity contribution in [1.29, 1.82) is 0 Å². The van der Waals surface area contributed by atoms with Gasteiger partial charge in [-0.05, 0) is 25.5 Å². The van der Waals surface area contributed by atoms with E-state index in [0.717, 1.165) is 30.6 Å². The van der Waals surface area contributed by atoms with Crippen LogP contribution in [0.2, 0.25) is 5.02 Å². The number of phenolic OH excluding ortho intramolecular Hbond substituents is 1. The summed E-state index contributed by atoms with van der Waals surface area (Å²) >= 11 is 6.09. The van der Waals surface area contributed by atoms with Gasteiger partial charge in [0.25, 0.3) is 0 Å². The predicted molar refractivity (Wildman–Crippen MR) is 64.6 cm³/mol. The van der Waals surface area contributed by atoms with Crippen LogP contribution in [0.5, 0.6) is 11.5 Å². The molecule has 1 heterocycles.